The monoisotopic (exact) mass is 255 g/mol. The molecule has 1 aromatic rings. The molecule has 0 aliphatic heterocycles. The average molecular weight is 255 g/mol. The second kappa shape index (κ2) is 7.46. The lowest BCUT2D eigenvalue weighted by atomic mass is 10.0. The molecular formula is C14H22FNO2. The summed E-state index contributed by atoms with van der Waals surface area (Å²) in [6, 6.07) is 4.47. The molecule has 1 aromatic carbocycles. The van der Waals surface area contributed by atoms with E-state index < -0.39 is 6.29 Å². The van der Waals surface area contributed by atoms with E-state index in [9.17, 15) is 4.39 Å². The Morgan fingerprint density at radius 2 is 1.83 bits per heavy atom. The molecule has 2 N–H and O–H groups in total. The Labute approximate surface area is 108 Å². The van der Waals surface area contributed by atoms with Crippen LogP contribution in [0.4, 0.5) is 4.39 Å². The van der Waals surface area contributed by atoms with E-state index in [1.807, 2.05) is 20.8 Å². The first-order valence-electron chi connectivity index (χ1n) is 6.32. The van der Waals surface area contributed by atoms with Gasteiger partial charge in [0.2, 0.25) is 0 Å². The van der Waals surface area contributed by atoms with Gasteiger partial charge in [0, 0.05) is 13.2 Å². The maximum atomic E-state index is 13.0. The van der Waals surface area contributed by atoms with Crippen molar-refractivity contribution in [3.05, 3.63) is 35.1 Å². The standard InChI is InChI=1S/C14H22FNO2/c1-4-17-14(18-5-2)13(16)9-11-6-7-12(15)8-10(11)3/h6-8,13-14H,4-5,9,16H2,1-3H3. The maximum Gasteiger partial charge on any atom is 0.172 e. The number of nitrogens with two attached hydrogens (primary N) is 1. The minimum absolute atomic E-state index is 0.226. The zero-order valence-electron chi connectivity index (χ0n) is 11.3. The Kier molecular flexibility index (Phi) is 6.25. The highest BCUT2D eigenvalue weighted by Gasteiger charge is 2.19. The molecule has 1 rings (SSSR count). The highest BCUT2D eigenvalue weighted by molar-refractivity contribution is 5.27. The fourth-order valence-electron chi connectivity index (χ4n) is 1.86. The van der Waals surface area contributed by atoms with E-state index in [0.717, 1.165) is 11.1 Å². The molecule has 0 aliphatic carbocycles. The molecule has 0 bridgehead atoms. The van der Waals surface area contributed by atoms with Gasteiger partial charge in [-0.05, 0) is 50.5 Å². The van der Waals surface area contributed by atoms with Crippen LogP contribution in [-0.4, -0.2) is 25.5 Å². The van der Waals surface area contributed by atoms with Crippen LogP contribution >= 0.6 is 0 Å². The Balaban J connectivity index is 2.69. The summed E-state index contributed by atoms with van der Waals surface area (Å²) in [5.74, 6) is -0.226. The quantitative estimate of drug-likeness (QED) is 0.761. The second-order valence-corrected chi connectivity index (χ2v) is 4.22. The van der Waals surface area contributed by atoms with Crippen LogP contribution in [0.25, 0.3) is 0 Å². The summed E-state index contributed by atoms with van der Waals surface area (Å²) in [5, 5.41) is 0. The predicted molar refractivity (Wildman–Crippen MR) is 69.9 cm³/mol. The van der Waals surface area contributed by atoms with Crippen molar-refractivity contribution in [3.63, 3.8) is 0 Å². The topological polar surface area (TPSA) is 44.5 Å². The van der Waals surface area contributed by atoms with Crippen LogP contribution in [0.15, 0.2) is 18.2 Å². The van der Waals surface area contributed by atoms with Crippen LogP contribution in [0.2, 0.25) is 0 Å². The normalized spacial score (nSPS) is 13.0. The minimum Gasteiger partial charge on any atom is -0.351 e. The molecule has 1 atom stereocenters. The summed E-state index contributed by atoms with van der Waals surface area (Å²) >= 11 is 0. The Bertz CT molecular complexity index is 365. The van der Waals surface area contributed by atoms with Gasteiger partial charge in [-0.25, -0.2) is 4.39 Å². The van der Waals surface area contributed by atoms with Gasteiger partial charge in [-0.3, -0.25) is 0 Å². The number of hydrogen-bond donors (Lipinski definition) is 1. The number of benzene rings is 1. The van der Waals surface area contributed by atoms with Crippen molar-refractivity contribution in [1.82, 2.24) is 0 Å². The summed E-state index contributed by atoms with van der Waals surface area (Å²) < 4.78 is 23.9. The molecule has 102 valence electrons. The number of hydrogen-bond acceptors (Lipinski definition) is 3. The van der Waals surface area contributed by atoms with E-state index in [4.69, 9.17) is 15.2 Å². The highest BCUT2D eigenvalue weighted by atomic mass is 19.1. The van der Waals surface area contributed by atoms with E-state index in [1.165, 1.54) is 12.1 Å². The van der Waals surface area contributed by atoms with Crippen LogP contribution < -0.4 is 5.73 Å². The van der Waals surface area contributed by atoms with Gasteiger partial charge in [-0.2, -0.15) is 0 Å². The van der Waals surface area contributed by atoms with Crippen molar-refractivity contribution in [3.8, 4) is 0 Å². The first-order valence-corrected chi connectivity index (χ1v) is 6.32. The molecule has 0 aromatic heterocycles. The van der Waals surface area contributed by atoms with Gasteiger partial charge in [-0.15, -0.1) is 0 Å². The predicted octanol–water partition coefficient (Wildman–Crippen LogP) is 2.40. The molecule has 4 heteroatoms. The zero-order valence-corrected chi connectivity index (χ0v) is 11.3. The van der Waals surface area contributed by atoms with Crippen molar-refractivity contribution >= 4 is 0 Å². The molecule has 0 saturated heterocycles. The largest absolute Gasteiger partial charge is 0.351 e. The van der Waals surface area contributed by atoms with E-state index in [1.54, 1.807) is 6.07 Å². The third-order valence-electron chi connectivity index (χ3n) is 2.77. The lowest BCUT2D eigenvalue weighted by molar-refractivity contribution is -0.148. The van der Waals surface area contributed by atoms with Gasteiger partial charge in [0.15, 0.2) is 6.29 Å². The van der Waals surface area contributed by atoms with Crippen LogP contribution in [0.1, 0.15) is 25.0 Å². The fourth-order valence-corrected chi connectivity index (χ4v) is 1.86. The van der Waals surface area contributed by atoms with Crippen LogP contribution in [0.3, 0.4) is 0 Å². The van der Waals surface area contributed by atoms with E-state index in [-0.39, 0.29) is 11.9 Å². The van der Waals surface area contributed by atoms with E-state index >= 15 is 0 Å². The number of ether oxygens (including phenoxy) is 2. The summed E-state index contributed by atoms with van der Waals surface area (Å²) in [6.45, 7) is 6.80. The fraction of sp³-hybridized carbons (Fsp3) is 0.571. The first kappa shape index (κ1) is 15.1. The summed E-state index contributed by atoms with van der Waals surface area (Å²) in [4.78, 5) is 0. The smallest absolute Gasteiger partial charge is 0.172 e. The minimum atomic E-state index is -0.413. The summed E-state index contributed by atoms with van der Waals surface area (Å²) in [5.41, 5.74) is 8.01. The van der Waals surface area contributed by atoms with Gasteiger partial charge in [0.25, 0.3) is 0 Å². The molecule has 3 nitrogen and oxygen atoms in total. The number of aryl methyl sites for hydroxylation is 1. The van der Waals surface area contributed by atoms with Crippen molar-refractivity contribution in [1.29, 1.82) is 0 Å². The third kappa shape index (κ3) is 4.37. The Morgan fingerprint density at radius 1 is 1.22 bits per heavy atom. The molecule has 0 saturated carbocycles. The average Bonchev–Trinajstić information content (AvgIpc) is 2.32. The maximum absolute atomic E-state index is 13.0. The summed E-state index contributed by atoms with van der Waals surface area (Å²) in [7, 11) is 0. The van der Waals surface area contributed by atoms with Gasteiger partial charge >= 0.3 is 0 Å². The van der Waals surface area contributed by atoms with Crippen molar-refractivity contribution < 1.29 is 13.9 Å². The molecule has 18 heavy (non-hydrogen) atoms. The van der Waals surface area contributed by atoms with Crippen molar-refractivity contribution in [2.45, 2.75) is 39.5 Å². The highest BCUT2D eigenvalue weighted by Crippen LogP contribution is 2.14. The second-order valence-electron chi connectivity index (χ2n) is 4.22. The number of rotatable bonds is 7. The van der Waals surface area contributed by atoms with Gasteiger partial charge in [-0.1, -0.05) is 6.07 Å². The molecule has 0 aliphatic rings. The van der Waals surface area contributed by atoms with Crippen molar-refractivity contribution in [2.75, 3.05) is 13.2 Å². The third-order valence-corrected chi connectivity index (χ3v) is 2.77. The zero-order chi connectivity index (χ0) is 13.5. The van der Waals surface area contributed by atoms with E-state index in [2.05, 4.69) is 0 Å². The molecule has 0 heterocycles. The molecule has 0 fully saturated rings. The molecule has 0 radical (unpaired) electrons. The molecule has 0 amide bonds. The first-order chi connectivity index (χ1) is 8.58. The van der Waals surface area contributed by atoms with Crippen LogP contribution in [0, 0.1) is 12.7 Å². The van der Waals surface area contributed by atoms with Crippen LogP contribution in [-0.2, 0) is 15.9 Å². The van der Waals surface area contributed by atoms with Gasteiger partial charge in [0.1, 0.15) is 5.82 Å². The molecule has 1 unspecified atom stereocenters. The van der Waals surface area contributed by atoms with Crippen LogP contribution in [0.5, 0.6) is 0 Å². The van der Waals surface area contributed by atoms with Crippen molar-refractivity contribution in [2.24, 2.45) is 5.73 Å². The Hall–Kier alpha value is -0.970. The SMILES string of the molecule is CCOC(OCC)C(N)Cc1ccc(F)cc1C. The van der Waals surface area contributed by atoms with E-state index in [0.29, 0.717) is 19.6 Å². The van der Waals surface area contributed by atoms with Gasteiger partial charge in [0.05, 0.1) is 6.04 Å². The van der Waals surface area contributed by atoms with Gasteiger partial charge < -0.3 is 15.2 Å². The lowest BCUT2D eigenvalue weighted by Gasteiger charge is -2.24. The Morgan fingerprint density at radius 3 is 2.33 bits per heavy atom. The summed E-state index contributed by atoms with van der Waals surface area (Å²) in [6.07, 6.45) is 0.195. The lowest BCUT2D eigenvalue weighted by Crippen LogP contribution is -2.40. The molecular weight excluding hydrogens is 233 g/mol. The molecule has 0 spiro atoms. The number of halogens is 1.